The van der Waals surface area contributed by atoms with Gasteiger partial charge in [-0.1, -0.05) is 0 Å². The second-order valence-electron chi connectivity index (χ2n) is 3.91. The molecule has 0 heterocycles. The van der Waals surface area contributed by atoms with Crippen LogP contribution in [-0.2, 0) is 10.0 Å². The number of hydrogen-bond acceptors (Lipinski definition) is 3. The number of nitrogens with zero attached hydrogens (tertiary/aromatic N) is 2. The normalized spacial score (nSPS) is 28.7. The SMILES string of the molecule is CN(C1CCC(C#N)CC1)S(C)(=O)=O. The van der Waals surface area contributed by atoms with E-state index in [0.717, 1.165) is 25.7 Å². The summed E-state index contributed by atoms with van der Waals surface area (Å²) in [5.41, 5.74) is 0. The van der Waals surface area contributed by atoms with Gasteiger partial charge in [-0.25, -0.2) is 12.7 Å². The Morgan fingerprint density at radius 1 is 1.29 bits per heavy atom. The second-order valence-corrected chi connectivity index (χ2v) is 5.96. The Morgan fingerprint density at radius 3 is 2.14 bits per heavy atom. The maximum absolute atomic E-state index is 11.2. The van der Waals surface area contributed by atoms with Gasteiger partial charge < -0.3 is 0 Å². The number of rotatable bonds is 2. The fourth-order valence-corrected chi connectivity index (χ4v) is 2.59. The molecule has 0 N–H and O–H groups in total. The van der Waals surface area contributed by atoms with Gasteiger partial charge in [0, 0.05) is 19.0 Å². The van der Waals surface area contributed by atoms with Crippen molar-refractivity contribution in [3.63, 3.8) is 0 Å². The highest BCUT2D eigenvalue weighted by Gasteiger charge is 2.27. The van der Waals surface area contributed by atoms with Gasteiger partial charge in [-0.2, -0.15) is 5.26 Å². The molecule has 0 amide bonds. The molecule has 1 saturated carbocycles. The molecule has 0 radical (unpaired) electrons. The van der Waals surface area contributed by atoms with Crippen molar-refractivity contribution in [2.75, 3.05) is 13.3 Å². The summed E-state index contributed by atoms with van der Waals surface area (Å²) in [4.78, 5) is 0. The highest BCUT2D eigenvalue weighted by Crippen LogP contribution is 2.27. The quantitative estimate of drug-likeness (QED) is 0.690. The molecule has 1 aliphatic rings. The van der Waals surface area contributed by atoms with Crippen LogP contribution in [0.25, 0.3) is 0 Å². The van der Waals surface area contributed by atoms with E-state index in [1.807, 2.05) is 0 Å². The molecule has 0 aromatic carbocycles. The standard InChI is InChI=1S/C9H16N2O2S/c1-11(14(2,12)13)9-5-3-8(7-10)4-6-9/h8-9H,3-6H2,1-2H3. The minimum atomic E-state index is -3.08. The van der Waals surface area contributed by atoms with Gasteiger partial charge in [-0.05, 0) is 25.7 Å². The second kappa shape index (κ2) is 4.28. The lowest BCUT2D eigenvalue weighted by Crippen LogP contribution is -2.38. The first kappa shape index (κ1) is 11.5. The summed E-state index contributed by atoms with van der Waals surface area (Å²) in [6.07, 6.45) is 4.48. The van der Waals surface area contributed by atoms with Crippen LogP contribution in [0.2, 0.25) is 0 Å². The first-order valence-corrected chi connectivity index (χ1v) is 6.62. The summed E-state index contributed by atoms with van der Waals surface area (Å²) in [5.74, 6) is 0.124. The molecule has 5 heteroatoms. The first-order valence-electron chi connectivity index (χ1n) is 4.77. The lowest BCUT2D eigenvalue weighted by molar-refractivity contribution is 0.262. The van der Waals surface area contributed by atoms with Gasteiger partial charge in [0.05, 0.1) is 12.3 Å². The molecule has 0 aromatic rings. The molecular weight excluding hydrogens is 200 g/mol. The van der Waals surface area contributed by atoms with Crippen molar-refractivity contribution in [3.8, 4) is 6.07 Å². The van der Waals surface area contributed by atoms with Gasteiger partial charge in [-0.3, -0.25) is 0 Å². The third kappa shape index (κ3) is 2.69. The first-order chi connectivity index (χ1) is 6.45. The van der Waals surface area contributed by atoms with E-state index in [4.69, 9.17) is 5.26 Å². The van der Waals surface area contributed by atoms with Gasteiger partial charge in [-0.15, -0.1) is 0 Å². The molecule has 0 spiro atoms. The lowest BCUT2D eigenvalue weighted by atomic mass is 9.87. The maximum Gasteiger partial charge on any atom is 0.211 e. The monoisotopic (exact) mass is 216 g/mol. The Morgan fingerprint density at radius 2 is 1.79 bits per heavy atom. The summed E-state index contributed by atoms with van der Waals surface area (Å²) in [5, 5.41) is 8.69. The smallest absolute Gasteiger partial charge is 0.211 e. The summed E-state index contributed by atoms with van der Waals surface area (Å²) in [6.45, 7) is 0. The zero-order valence-electron chi connectivity index (χ0n) is 8.60. The molecule has 0 aromatic heterocycles. The molecule has 14 heavy (non-hydrogen) atoms. The van der Waals surface area contributed by atoms with E-state index in [9.17, 15) is 8.42 Å². The van der Waals surface area contributed by atoms with Crippen molar-refractivity contribution in [3.05, 3.63) is 0 Å². The highest BCUT2D eigenvalue weighted by molar-refractivity contribution is 7.88. The fourth-order valence-electron chi connectivity index (χ4n) is 1.84. The predicted octanol–water partition coefficient (Wildman–Crippen LogP) is 0.960. The Hall–Kier alpha value is -0.600. The molecule has 1 aliphatic carbocycles. The molecule has 0 aliphatic heterocycles. The number of sulfonamides is 1. The molecule has 0 atom stereocenters. The minimum Gasteiger partial charge on any atom is -0.213 e. The van der Waals surface area contributed by atoms with Crippen LogP contribution in [0.5, 0.6) is 0 Å². The van der Waals surface area contributed by atoms with Gasteiger partial charge in [0.25, 0.3) is 0 Å². The molecular formula is C9H16N2O2S. The molecule has 80 valence electrons. The van der Waals surface area contributed by atoms with Crippen LogP contribution in [0.4, 0.5) is 0 Å². The van der Waals surface area contributed by atoms with Crippen LogP contribution in [0.1, 0.15) is 25.7 Å². The van der Waals surface area contributed by atoms with Gasteiger partial charge in [0.2, 0.25) is 10.0 Å². The Balaban J connectivity index is 2.55. The van der Waals surface area contributed by atoms with E-state index in [2.05, 4.69) is 6.07 Å². The van der Waals surface area contributed by atoms with Crippen molar-refractivity contribution >= 4 is 10.0 Å². The van der Waals surface area contributed by atoms with Crippen molar-refractivity contribution in [1.82, 2.24) is 4.31 Å². The van der Waals surface area contributed by atoms with Gasteiger partial charge in [0.15, 0.2) is 0 Å². The van der Waals surface area contributed by atoms with E-state index >= 15 is 0 Å². The van der Waals surface area contributed by atoms with Crippen LogP contribution in [0, 0.1) is 17.2 Å². The Kier molecular flexibility index (Phi) is 3.51. The molecule has 1 fully saturated rings. The minimum absolute atomic E-state index is 0.0922. The number of hydrogen-bond donors (Lipinski definition) is 0. The maximum atomic E-state index is 11.2. The summed E-state index contributed by atoms with van der Waals surface area (Å²) in [6, 6.07) is 2.33. The zero-order chi connectivity index (χ0) is 10.8. The van der Waals surface area contributed by atoms with Crippen molar-refractivity contribution in [2.24, 2.45) is 5.92 Å². The summed E-state index contributed by atoms with van der Waals surface area (Å²) < 4.78 is 23.9. The van der Waals surface area contributed by atoms with Gasteiger partial charge in [0.1, 0.15) is 0 Å². The van der Waals surface area contributed by atoms with E-state index in [1.165, 1.54) is 10.6 Å². The lowest BCUT2D eigenvalue weighted by Gasteiger charge is -2.30. The molecule has 1 rings (SSSR count). The van der Waals surface area contributed by atoms with E-state index < -0.39 is 10.0 Å². The molecule has 0 saturated heterocycles. The van der Waals surface area contributed by atoms with E-state index in [-0.39, 0.29) is 12.0 Å². The molecule has 4 nitrogen and oxygen atoms in total. The fraction of sp³-hybridized carbons (Fsp3) is 0.889. The van der Waals surface area contributed by atoms with E-state index in [0.29, 0.717) is 0 Å². The summed E-state index contributed by atoms with van der Waals surface area (Å²) >= 11 is 0. The van der Waals surface area contributed by atoms with Crippen LogP contribution in [-0.4, -0.2) is 32.1 Å². The Labute approximate surface area is 85.6 Å². The number of nitriles is 1. The predicted molar refractivity (Wildman–Crippen MR) is 54.0 cm³/mol. The Bertz CT molecular complexity index is 323. The van der Waals surface area contributed by atoms with Crippen molar-refractivity contribution < 1.29 is 8.42 Å². The van der Waals surface area contributed by atoms with Gasteiger partial charge >= 0.3 is 0 Å². The molecule has 0 unspecified atom stereocenters. The van der Waals surface area contributed by atoms with Crippen LogP contribution >= 0.6 is 0 Å². The van der Waals surface area contributed by atoms with Crippen molar-refractivity contribution in [2.45, 2.75) is 31.7 Å². The highest BCUT2D eigenvalue weighted by atomic mass is 32.2. The molecule has 0 bridgehead atoms. The summed E-state index contributed by atoms with van der Waals surface area (Å²) in [7, 11) is -1.46. The average molecular weight is 216 g/mol. The average Bonchev–Trinajstić information content (AvgIpc) is 2.15. The van der Waals surface area contributed by atoms with Crippen LogP contribution in [0.15, 0.2) is 0 Å². The van der Waals surface area contributed by atoms with Crippen LogP contribution in [0.3, 0.4) is 0 Å². The zero-order valence-corrected chi connectivity index (χ0v) is 9.42. The third-order valence-electron chi connectivity index (χ3n) is 2.92. The van der Waals surface area contributed by atoms with Crippen LogP contribution < -0.4 is 0 Å². The van der Waals surface area contributed by atoms with Crippen molar-refractivity contribution in [1.29, 1.82) is 5.26 Å². The largest absolute Gasteiger partial charge is 0.213 e. The van der Waals surface area contributed by atoms with E-state index in [1.54, 1.807) is 7.05 Å². The topological polar surface area (TPSA) is 61.2 Å². The third-order valence-corrected chi connectivity index (χ3v) is 4.26.